The summed E-state index contributed by atoms with van der Waals surface area (Å²) in [4.78, 5) is 36.8. The number of nitrogens with zero attached hydrogens (tertiary/aromatic N) is 3. The molecule has 0 fully saturated rings. The zero-order valence-electron chi connectivity index (χ0n) is 20.5. The summed E-state index contributed by atoms with van der Waals surface area (Å²) in [5, 5.41) is 14.5. The Morgan fingerprint density at radius 1 is 1.06 bits per heavy atom. The fourth-order valence-corrected chi connectivity index (χ4v) is 4.16. The molecule has 0 aliphatic heterocycles. The number of aromatic nitrogens is 3. The smallest absolute Gasteiger partial charge is 0.338 e. The van der Waals surface area contributed by atoms with Crippen LogP contribution in [0, 0.1) is 13.8 Å². The van der Waals surface area contributed by atoms with Crippen LogP contribution in [-0.4, -0.2) is 44.9 Å². The van der Waals surface area contributed by atoms with Crippen LogP contribution in [0.1, 0.15) is 34.2 Å². The van der Waals surface area contributed by atoms with Crippen molar-refractivity contribution in [1.82, 2.24) is 14.8 Å². The number of aryl methyl sites for hydroxylation is 2. The molecular weight excluding hydrogens is 478 g/mol. The number of anilines is 2. The number of thioether (sulfide) groups is 1. The Morgan fingerprint density at radius 2 is 1.81 bits per heavy atom. The van der Waals surface area contributed by atoms with E-state index in [9.17, 15) is 14.4 Å². The Balaban J connectivity index is 1.59. The number of ether oxygens (including phenoxy) is 1. The van der Waals surface area contributed by atoms with Crippen LogP contribution in [0.25, 0.3) is 0 Å². The van der Waals surface area contributed by atoms with Gasteiger partial charge >= 0.3 is 5.97 Å². The van der Waals surface area contributed by atoms with Gasteiger partial charge in [-0.1, -0.05) is 35.5 Å². The van der Waals surface area contributed by atoms with Crippen molar-refractivity contribution in [3.05, 3.63) is 77.6 Å². The van der Waals surface area contributed by atoms with E-state index < -0.39 is 5.97 Å². The molecule has 0 atom stereocenters. The zero-order chi connectivity index (χ0) is 26.1. The predicted octanol–water partition coefficient (Wildman–Crippen LogP) is 4.17. The average molecular weight is 508 g/mol. The number of amides is 2. The average Bonchev–Trinajstić information content (AvgIpc) is 3.21. The molecule has 0 aliphatic carbocycles. The van der Waals surface area contributed by atoms with Gasteiger partial charge in [0.2, 0.25) is 11.8 Å². The Kier molecular flexibility index (Phi) is 9.40. The van der Waals surface area contributed by atoms with Gasteiger partial charge in [-0.15, -0.1) is 16.8 Å². The molecule has 0 spiro atoms. The number of benzene rings is 2. The maximum Gasteiger partial charge on any atom is 0.338 e. The number of allylic oxidation sites excluding steroid dienone is 1. The first-order chi connectivity index (χ1) is 17.3. The van der Waals surface area contributed by atoms with Gasteiger partial charge in [0.15, 0.2) is 5.16 Å². The van der Waals surface area contributed by atoms with E-state index in [0.29, 0.717) is 35.4 Å². The highest BCUT2D eigenvalue weighted by atomic mass is 32.2. The number of carbonyl (C=O) groups excluding carboxylic acids is 3. The molecule has 0 radical (unpaired) electrons. The summed E-state index contributed by atoms with van der Waals surface area (Å²) in [7, 11) is 0. The van der Waals surface area contributed by atoms with Crippen molar-refractivity contribution in [2.24, 2.45) is 0 Å². The number of rotatable bonds is 11. The van der Waals surface area contributed by atoms with Gasteiger partial charge in [0.1, 0.15) is 5.82 Å². The van der Waals surface area contributed by atoms with Crippen LogP contribution in [0.3, 0.4) is 0 Å². The van der Waals surface area contributed by atoms with Gasteiger partial charge < -0.3 is 19.9 Å². The highest BCUT2D eigenvalue weighted by Gasteiger charge is 2.17. The van der Waals surface area contributed by atoms with E-state index in [4.69, 9.17) is 4.74 Å². The van der Waals surface area contributed by atoms with Crippen molar-refractivity contribution < 1.29 is 19.1 Å². The van der Waals surface area contributed by atoms with E-state index in [2.05, 4.69) is 27.4 Å². The van der Waals surface area contributed by atoms with Crippen LogP contribution >= 0.6 is 11.8 Å². The molecule has 3 aromatic rings. The maximum atomic E-state index is 12.6. The van der Waals surface area contributed by atoms with Crippen LogP contribution in [0.4, 0.5) is 11.4 Å². The molecule has 0 unspecified atom stereocenters. The topological polar surface area (TPSA) is 115 Å². The lowest BCUT2D eigenvalue weighted by Gasteiger charge is -2.10. The van der Waals surface area contributed by atoms with E-state index in [1.807, 2.05) is 32.0 Å². The predicted molar refractivity (Wildman–Crippen MR) is 140 cm³/mol. The molecule has 1 aromatic heterocycles. The molecule has 188 valence electrons. The fraction of sp³-hybridized carbons (Fsp3) is 0.269. The summed E-state index contributed by atoms with van der Waals surface area (Å²) in [6.45, 7) is 10.1. The van der Waals surface area contributed by atoms with E-state index in [0.717, 1.165) is 16.8 Å². The third-order valence-electron chi connectivity index (χ3n) is 5.09. The van der Waals surface area contributed by atoms with Crippen LogP contribution in [-0.2, 0) is 27.3 Å². The first-order valence-electron chi connectivity index (χ1n) is 11.4. The summed E-state index contributed by atoms with van der Waals surface area (Å²) in [5.74, 6) is -0.295. The third kappa shape index (κ3) is 7.29. The van der Waals surface area contributed by atoms with Crippen LogP contribution in [0.15, 0.2) is 60.3 Å². The molecule has 2 aromatic carbocycles. The number of esters is 1. The molecule has 0 aliphatic rings. The van der Waals surface area contributed by atoms with E-state index >= 15 is 0 Å². The lowest BCUT2D eigenvalue weighted by Crippen LogP contribution is -2.18. The van der Waals surface area contributed by atoms with E-state index in [1.54, 1.807) is 41.8 Å². The quantitative estimate of drug-likeness (QED) is 0.227. The molecule has 2 N–H and O–H groups in total. The van der Waals surface area contributed by atoms with Crippen molar-refractivity contribution in [2.75, 3.05) is 23.0 Å². The summed E-state index contributed by atoms with van der Waals surface area (Å²) in [6.07, 6.45) is 1.72. The number of carbonyl (C=O) groups is 3. The van der Waals surface area contributed by atoms with Gasteiger partial charge in [0, 0.05) is 17.9 Å². The van der Waals surface area contributed by atoms with Crippen molar-refractivity contribution in [3.63, 3.8) is 0 Å². The molecular formula is C26H29N5O4S. The van der Waals surface area contributed by atoms with Gasteiger partial charge in [-0.25, -0.2) is 4.79 Å². The summed E-state index contributed by atoms with van der Waals surface area (Å²) >= 11 is 1.21. The van der Waals surface area contributed by atoms with Gasteiger partial charge in [-0.3, -0.25) is 9.59 Å². The lowest BCUT2D eigenvalue weighted by molar-refractivity contribution is -0.116. The standard InChI is InChI=1S/C26H29N5O4S/c1-5-13-31-22(15-23(32)28-21-12-7-17(3)14-18(21)4)29-30-26(31)36-16-24(33)27-20-10-8-19(9-11-20)25(34)35-6-2/h5,7-12,14H,1,6,13,15-16H2,2-4H3,(H,27,33)(H,28,32). The molecule has 10 heteroatoms. The Labute approximate surface area is 214 Å². The molecule has 3 rings (SSSR count). The summed E-state index contributed by atoms with van der Waals surface area (Å²) in [6, 6.07) is 12.3. The minimum Gasteiger partial charge on any atom is -0.462 e. The van der Waals surface area contributed by atoms with E-state index in [1.165, 1.54) is 11.8 Å². The number of hydrogen-bond acceptors (Lipinski definition) is 7. The largest absolute Gasteiger partial charge is 0.462 e. The van der Waals surface area contributed by atoms with Gasteiger partial charge in [0.05, 0.1) is 24.3 Å². The molecule has 0 saturated carbocycles. The van der Waals surface area contributed by atoms with Crippen LogP contribution in [0.2, 0.25) is 0 Å². The second kappa shape index (κ2) is 12.7. The maximum absolute atomic E-state index is 12.6. The number of nitrogens with one attached hydrogen (secondary N) is 2. The molecule has 1 heterocycles. The highest BCUT2D eigenvalue weighted by molar-refractivity contribution is 7.99. The van der Waals surface area contributed by atoms with Crippen molar-refractivity contribution in [3.8, 4) is 0 Å². The second-order valence-electron chi connectivity index (χ2n) is 7.98. The molecule has 2 amide bonds. The summed E-state index contributed by atoms with van der Waals surface area (Å²) < 4.78 is 6.72. The first kappa shape index (κ1) is 26.7. The molecule has 36 heavy (non-hydrogen) atoms. The third-order valence-corrected chi connectivity index (χ3v) is 6.06. The van der Waals surface area contributed by atoms with Crippen molar-refractivity contribution in [2.45, 2.75) is 38.9 Å². The lowest BCUT2D eigenvalue weighted by atomic mass is 10.1. The van der Waals surface area contributed by atoms with E-state index in [-0.39, 0.29) is 24.0 Å². The number of hydrogen-bond donors (Lipinski definition) is 2. The van der Waals surface area contributed by atoms with Gasteiger partial charge in [-0.05, 0) is 56.7 Å². The second-order valence-corrected chi connectivity index (χ2v) is 8.92. The fourth-order valence-electron chi connectivity index (χ4n) is 3.39. The Hall–Kier alpha value is -3.92. The Bertz CT molecular complexity index is 1250. The minimum atomic E-state index is -0.411. The van der Waals surface area contributed by atoms with Crippen LogP contribution in [0.5, 0.6) is 0 Å². The first-order valence-corrected chi connectivity index (χ1v) is 12.4. The van der Waals surface area contributed by atoms with Gasteiger partial charge in [0.25, 0.3) is 0 Å². The highest BCUT2D eigenvalue weighted by Crippen LogP contribution is 2.20. The molecule has 0 bridgehead atoms. The normalized spacial score (nSPS) is 10.5. The summed E-state index contributed by atoms with van der Waals surface area (Å²) in [5.41, 5.74) is 3.83. The molecule has 0 saturated heterocycles. The zero-order valence-corrected chi connectivity index (χ0v) is 21.4. The molecule has 9 nitrogen and oxygen atoms in total. The Morgan fingerprint density at radius 3 is 2.47 bits per heavy atom. The van der Waals surface area contributed by atoms with Crippen molar-refractivity contribution in [1.29, 1.82) is 0 Å². The van der Waals surface area contributed by atoms with Gasteiger partial charge in [-0.2, -0.15) is 0 Å². The van der Waals surface area contributed by atoms with Crippen LogP contribution < -0.4 is 10.6 Å². The monoisotopic (exact) mass is 507 g/mol. The minimum absolute atomic E-state index is 0.0354. The SMILES string of the molecule is C=CCn1c(CC(=O)Nc2ccc(C)cc2C)nnc1SCC(=O)Nc1ccc(C(=O)OCC)cc1. The van der Waals surface area contributed by atoms with Crippen molar-refractivity contribution >= 4 is 40.9 Å².